The zero-order chi connectivity index (χ0) is 20.7. The van der Waals surface area contributed by atoms with Gasteiger partial charge in [-0.3, -0.25) is 5.32 Å². The third kappa shape index (κ3) is 3.64. The highest BCUT2D eigenvalue weighted by Crippen LogP contribution is 2.35. The molecule has 2 amide bonds. The van der Waals surface area contributed by atoms with Crippen molar-refractivity contribution in [3.05, 3.63) is 35.5 Å². The molecular formula is C16H18N4O6S2. The molecule has 10 nitrogen and oxygen atoms in total. The van der Waals surface area contributed by atoms with Crippen LogP contribution in [0.4, 0.5) is 10.7 Å². The Morgan fingerprint density at radius 2 is 2.00 bits per heavy atom. The Kier molecular flexibility index (Phi) is 5.02. The van der Waals surface area contributed by atoms with E-state index in [-0.39, 0.29) is 23.1 Å². The average Bonchev–Trinajstić information content (AvgIpc) is 2.83. The van der Waals surface area contributed by atoms with Crippen LogP contribution in [0, 0.1) is 6.92 Å². The number of aryl methyl sites for hydroxylation is 1. The van der Waals surface area contributed by atoms with Crippen LogP contribution in [0.1, 0.15) is 18.2 Å². The SMILES string of the molecule is COc1cc(C)nc(NC(=O)NS(=O)(=O)c2cccc3c2S(=O)(=O)C(C)C3)n1. The number of hydrogen-bond acceptors (Lipinski definition) is 8. The van der Waals surface area contributed by atoms with E-state index in [9.17, 15) is 21.6 Å². The van der Waals surface area contributed by atoms with Crippen LogP contribution in [0.2, 0.25) is 0 Å². The van der Waals surface area contributed by atoms with Crippen LogP contribution in [0.25, 0.3) is 0 Å². The first-order chi connectivity index (χ1) is 13.0. The molecule has 3 rings (SSSR count). The van der Waals surface area contributed by atoms with Crippen LogP contribution in [0.15, 0.2) is 34.1 Å². The average molecular weight is 426 g/mol. The molecule has 0 radical (unpaired) electrons. The second kappa shape index (κ2) is 7.02. The second-order valence-electron chi connectivity index (χ2n) is 6.24. The van der Waals surface area contributed by atoms with Crippen LogP contribution in [0.5, 0.6) is 5.88 Å². The number of sulfonamides is 1. The summed E-state index contributed by atoms with van der Waals surface area (Å²) in [6.07, 6.45) is 0.212. The highest BCUT2D eigenvalue weighted by Gasteiger charge is 2.39. The van der Waals surface area contributed by atoms with E-state index in [4.69, 9.17) is 4.74 Å². The zero-order valence-corrected chi connectivity index (χ0v) is 16.9. The van der Waals surface area contributed by atoms with Crippen LogP contribution in [0.3, 0.4) is 0 Å². The van der Waals surface area contributed by atoms with Gasteiger partial charge in [0.05, 0.1) is 17.3 Å². The molecular weight excluding hydrogens is 408 g/mol. The minimum absolute atomic E-state index is 0.163. The first kappa shape index (κ1) is 20.0. The van der Waals surface area contributed by atoms with E-state index in [0.717, 1.165) is 6.07 Å². The number of methoxy groups -OCH3 is 1. The van der Waals surface area contributed by atoms with E-state index in [1.54, 1.807) is 17.7 Å². The molecule has 0 spiro atoms. The molecule has 0 bridgehead atoms. The quantitative estimate of drug-likeness (QED) is 0.737. The first-order valence-corrected chi connectivity index (χ1v) is 11.2. The molecule has 2 aromatic rings. The fourth-order valence-electron chi connectivity index (χ4n) is 2.88. The molecule has 1 aromatic heterocycles. The Bertz CT molecular complexity index is 1160. The lowest BCUT2D eigenvalue weighted by Gasteiger charge is -2.12. The predicted molar refractivity (Wildman–Crippen MR) is 99.5 cm³/mol. The standard InChI is InChI=1S/C16H18N4O6S2/c1-9-7-13(26-3)18-15(17-9)19-16(21)20-28(24,25)12-6-4-5-11-8-10(2)27(22,23)14(11)12/h4-7,10H,8H2,1-3H3,(H2,17,18,19,20,21). The second-order valence-corrected chi connectivity index (χ2v) is 10.2. The molecule has 1 unspecified atom stereocenters. The van der Waals surface area contributed by atoms with Crippen molar-refractivity contribution in [3.63, 3.8) is 0 Å². The highest BCUT2D eigenvalue weighted by atomic mass is 32.2. The molecule has 1 aromatic carbocycles. The number of carbonyl (C=O) groups is 1. The molecule has 1 aliphatic rings. The summed E-state index contributed by atoms with van der Waals surface area (Å²) in [5, 5.41) is 1.46. The molecule has 28 heavy (non-hydrogen) atoms. The van der Waals surface area contributed by atoms with Crippen LogP contribution < -0.4 is 14.8 Å². The summed E-state index contributed by atoms with van der Waals surface area (Å²) < 4.78 is 57.1. The van der Waals surface area contributed by atoms with E-state index in [0.29, 0.717) is 11.3 Å². The number of benzene rings is 1. The third-order valence-corrected chi connectivity index (χ3v) is 7.94. The van der Waals surface area contributed by atoms with Gasteiger partial charge in [-0.15, -0.1) is 0 Å². The molecule has 0 saturated carbocycles. The summed E-state index contributed by atoms with van der Waals surface area (Å²) in [6, 6.07) is 4.54. The summed E-state index contributed by atoms with van der Waals surface area (Å²) in [7, 11) is -6.87. The fraction of sp³-hybridized carbons (Fsp3) is 0.312. The number of fused-ring (bicyclic) bond motifs is 1. The van der Waals surface area contributed by atoms with Crippen molar-refractivity contribution in [2.45, 2.75) is 35.3 Å². The topological polar surface area (TPSA) is 144 Å². The third-order valence-electron chi connectivity index (χ3n) is 4.16. The van der Waals surface area contributed by atoms with Gasteiger partial charge in [0, 0.05) is 11.8 Å². The van der Waals surface area contributed by atoms with Gasteiger partial charge in [0.25, 0.3) is 10.0 Å². The Morgan fingerprint density at radius 1 is 1.29 bits per heavy atom. The zero-order valence-electron chi connectivity index (χ0n) is 15.3. The monoisotopic (exact) mass is 426 g/mol. The summed E-state index contributed by atoms with van der Waals surface area (Å²) in [4.78, 5) is 19.3. The molecule has 2 N–H and O–H groups in total. The van der Waals surface area contributed by atoms with Gasteiger partial charge in [0.15, 0.2) is 9.84 Å². The minimum atomic E-state index is -4.45. The molecule has 2 heterocycles. The molecule has 0 aliphatic carbocycles. The predicted octanol–water partition coefficient (Wildman–Crippen LogP) is 1.02. The lowest BCUT2D eigenvalue weighted by Crippen LogP contribution is -2.35. The molecule has 0 fully saturated rings. The number of urea groups is 1. The lowest BCUT2D eigenvalue weighted by atomic mass is 10.1. The number of sulfone groups is 1. The van der Waals surface area contributed by atoms with Gasteiger partial charge in [0.1, 0.15) is 4.90 Å². The van der Waals surface area contributed by atoms with Crippen LogP contribution in [-0.2, 0) is 26.3 Å². The summed E-state index contributed by atoms with van der Waals surface area (Å²) in [6.45, 7) is 3.15. The summed E-state index contributed by atoms with van der Waals surface area (Å²) >= 11 is 0. The summed E-state index contributed by atoms with van der Waals surface area (Å²) in [5.74, 6) is 0.0238. The van der Waals surface area contributed by atoms with Gasteiger partial charge < -0.3 is 4.74 Å². The normalized spacial score (nSPS) is 17.6. The Hall–Kier alpha value is -2.73. The van der Waals surface area contributed by atoms with Crippen molar-refractivity contribution in [2.75, 3.05) is 12.4 Å². The molecule has 0 saturated heterocycles. The van der Waals surface area contributed by atoms with Crippen molar-refractivity contribution in [3.8, 4) is 5.88 Å². The lowest BCUT2D eigenvalue weighted by molar-refractivity contribution is 0.256. The Morgan fingerprint density at radius 3 is 2.68 bits per heavy atom. The van der Waals surface area contributed by atoms with Gasteiger partial charge in [-0.1, -0.05) is 12.1 Å². The number of ether oxygens (including phenoxy) is 1. The smallest absolute Gasteiger partial charge is 0.335 e. The van der Waals surface area contributed by atoms with Crippen molar-refractivity contribution in [1.29, 1.82) is 0 Å². The number of aromatic nitrogens is 2. The van der Waals surface area contributed by atoms with E-state index in [1.807, 2.05) is 0 Å². The van der Waals surface area contributed by atoms with Gasteiger partial charge in [-0.2, -0.15) is 4.98 Å². The van der Waals surface area contributed by atoms with Crippen molar-refractivity contribution in [2.24, 2.45) is 0 Å². The van der Waals surface area contributed by atoms with Crippen molar-refractivity contribution in [1.82, 2.24) is 14.7 Å². The van der Waals surface area contributed by atoms with Crippen molar-refractivity contribution < 1.29 is 26.4 Å². The van der Waals surface area contributed by atoms with Crippen molar-refractivity contribution >= 4 is 31.8 Å². The number of nitrogens with zero attached hydrogens (tertiary/aromatic N) is 2. The van der Waals surface area contributed by atoms with E-state index < -0.39 is 36.0 Å². The summed E-state index contributed by atoms with van der Waals surface area (Å²) in [5.41, 5.74) is 0.897. The molecule has 1 atom stereocenters. The maximum atomic E-state index is 12.7. The Labute approximate surface area is 162 Å². The van der Waals surface area contributed by atoms with Crippen LogP contribution >= 0.6 is 0 Å². The number of hydrogen-bond donors (Lipinski definition) is 2. The van der Waals surface area contributed by atoms with E-state index >= 15 is 0 Å². The Balaban J connectivity index is 1.89. The molecule has 150 valence electrons. The minimum Gasteiger partial charge on any atom is -0.481 e. The largest absolute Gasteiger partial charge is 0.481 e. The highest BCUT2D eigenvalue weighted by molar-refractivity contribution is 7.94. The first-order valence-electron chi connectivity index (χ1n) is 8.14. The van der Waals surface area contributed by atoms with E-state index in [1.165, 1.54) is 26.2 Å². The van der Waals surface area contributed by atoms with Gasteiger partial charge in [-0.05, 0) is 31.9 Å². The van der Waals surface area contributed by atoms with Crippen LogP contribution in [-0.4, -0.2) is 45.2 Å². The van der Waals surface area contributed by atoms with Gasteiger partial charge in [0.2, 0.25) is 11.8 Å². The van der Waals surface area contributed by atoms with Gasteiger partial charge >= 0.3 is 6.03 Å². The number of rotatable bonds is 4. The van der Waals surface area contributed by atoms with Gasteiger partial charge in [-0.25, -0.2) is 31.3 Å². The van der Waals surface area contributed by atoms with E-state index in [2.05, 4.69) is 15.3 Å². The number of amides is 2. The maximum absolute atomic E-state index is 12.7. The molecule has 1 aliphatic heterocycles. The maximum Gasteiger partial charge on any atom is 0.335 e. The number of carbonyl (C=O) groups excluding carboxylic acids is 1. The molecule has 12 heteroatoms. The number of anilines is 1. The fourth-order valence-corrected chi connectivity index (χ4v) is 6.26. The number of nitrogens with one attached hydrogen (secondary N) is 2.